The predicted molar refractivity (Wildman–Crippen MR) is 204 cm³/mol. The lowest BCUT2D eigenvalue weighted by molar-refractivity contribution is 0.293. The molecule has 250 valence electrons. The molecule has 0 bridgehead atoms. The molecule has 7 rings (SSSR count). The van der Waals surface area contributed by atoms with Crippen LogP contribution in [-0.4, -0.2) is 21.7 Å². The van der Waals surface area contributed by atoms with Gasteiger partial charge in [0.2, 0.25) is 5.88 Å². The Morgan fingerprint density at radius 2 is 1.22 bits per heavy atom. The molecular weight excluding hydrogens is 601 g/mol. The summed E-state index contributed by atoms with van der Waals surface area (Å²) in [4.78, 5) is 9.93. The van der Waals surface area contributed by atoms with E-state index in [2.05, 4.69) is 87.5 Å². The third-order valence-corrected chi connectivity index (χ3v) is 10.4. The fourth-order valence-electron chi connectivity index (χ4n) is 7.67. The molecule has 0 aliphatic heterocycles. The van der Waals surface area contributed by atoms with E-state index < -0.39 is 0 Å². The molecule has 4 nitrogen and oxygen atoms in total. The molecule has 6 aromatic rings. The van der Waals surface area contributed by atoms with Crippen molar-refractivity contribution in [3.05, 3.63) is 108 Å². The van der Waals surface area contributed by atoms with E-state index in [-0.39, 0.29) is 11.2 Å². The lowest BCUT2D eigenvalue weighted by Crippen LogP contribution is -2.15. The van der Waals surface area contributed by atoms with Gasteiger partial charge in [-0.3, -0.25) is 0 Å². The zero-order valence-electron chi connectivity index (χ0n) is 29.3. The number of fused-ring (bicyclic) bond motifs is 6. The van der Waals surface area contributed by atoms with E-state index in [1.807, 2.05) is 24.3 Å². The molecule has 0 amide bonds. The Morgan fingerprint density at radius 1 is 0.592 bits per heavy atom. The molecule has 1 aliphatic rings. The Balaban J connectivity index is 1.22. The summed E-state index contributed by atoms with van der Waals surface area (Å²) in [6.07, 6.45) is 12.8. The molecule has 1 aromatic heterocycles. The smallest absolute Gasteiger partial charge is 0.217 e. The SMILES string of the molecule is CCCCCCCCCCCCOc1cc(-c2cc3c(c4ccccc24)-c2cc4ccccc4cc2C3(C)C)nc(-c2ccccc2O)n1. The zero-order valence-corrected chi connectivity index (χ0v) is 29.3. The Bertz CT molecular complexity index is 2100. The summed E-state index contributed by atoms with van der Waals surface area (Å²) < 4.78 is 6.35. The fraction of sp³-hybridized carbons (Fsp3) is 0.333. The van der Waals surface area contributed by atoms with Gasteiger partial charge in [0, 0.05) is 17.0 Å². The maximum absolute atomic E-state index is 10.8. The lowest BCUT2D eigenvalue weighted by Gasteiger charge is -2.23. The van der Waals surface area contributed by atoms with Crippen molar-refractivity contribution in [1.82, 2.24) is 9.97 Å². The van der Waals surface area contributed by atoms with Gasteiger partial charge in [-0.2, -0.15) is 4.98 Å². The molecule has 4 heteroatoms. The Hall–Kier alpha value is -4.70. The molecule has 1 heterocycles. The number of aromatic hydroxyl groups is 1. The molecule has 5 aromatic carbocycles. The number of para-hydroxylation sites is 1. The largest absolute Gasteiger partial charge is 0.507 e. The van der Waals surface area contributed by atoms with Crippen LogP contribution >= 0.6 is 0 Å². The van der Waals surface area contributed by atoms with Gasteiger partial charge < -0.3 is 9.84 Å². The van der Waals surface area contributed by atoms with Crippen molar-refractivity contribution in [2.75, 3.05) is 6.61 Å². The van der Waals surface area contributed by atoms with Crippen LogP contribution in [0.15, 0.2) is 97.1 Å². The van der Waals surface area contributed by atoms with Crippen LogP contribution in [-0.2, 0) is 5.41 Å². The third-order valence-electron chi connectivity index (χ3n) is 10.4. The van der Waals surface area contributed by atoms with Gasteiger partial charge in [0.15, 0.2) is 5.82 Å². The highest BCUT2D eigenvalue weighted by molar-refractivity contribution is 6.10. The number of benzene rings is 5. The van der Waals surface area contributed by atoms with Crippen LogP contribution in [0, 0.1) is 0 Å². The number of unbranched alkanes of at least 4 members (excludes halogenated alkanes) is 9. The van der Waals surface area contributed by atoms with Crippen LogP contribution in [0.2, 0.25) is 0 Å². The second-order valence-electron chi connectivity index (χ2n) is 14.2. The molecule has 49 heavy (non-hydrogen) atoms. The number of phenolic OH excluding ortho intramolecular Hbond substituents is 1. The maximum atomic E-state index is 10.8. The first kappa shape index (κ1) is 32.8. The number of aromatic nitrogens is 2. The molecule has 1 aliphatic carbocycles. The summed E-state index contributed by atoms with van der Waals surface area (Å²) in [7, 11) is 0. The molecule has 0 atom stereocenters. The van der Waals surface area contributed by atoms with Crippen molar-refractivity contribution >= 4 is 21.5 Å². The van der Waals surface area contributed by atoms with Crippen LogP contribution in [0.5, 0.6) is 11.6 Å². The van der Waals surface area contributed by atoms with Gasteiger partial charge in [0.1, 0.15) is 5.75 Å². The predicted octanol–water partition coefficient (Wildman–Crippen LogP) is 12.4. The number of phenols is 1. The van der Waals surface area contributed by atoms with Crippen molar-refractivity contribution in [3.63, 3.8) is 0 Å². The Labute approximate surface area is 291 Å². The highest BCUT2D eigenvalue weighted by atomic mass is 16.5. The minimum Gasteiger partial charge on any atom is -0.507 e. The van der Waals surface area contributed by atoms with Gasteiger partial charge in [0.05, 0.1) is 17.9 Å². The van der Waals surface area contributed by atoms with Crippen LogP contribution in [0.25, 0.3) is 55.3 Å². The second-order valence-corrected chi connectivity index (χ2v) is 14.2. The summed E-state index contributed by atoms with van der Waals surface area (Å²) in [5, 5.41) is 15.7. The van der Waals surface area contributed by atoms with E-state index in [4.69, 9.17) is 14.7 Å². The van der Waals surface area contributed by atoms with Crippen LogP contribution < -0.4 is 4.74 Å². The Kier molecular flexibility index (Phi) is 9.66. The average Bonchev–Trinajstić information content (AvgIpc) is 3.34. The molecule has 0 saturated heterocycles. The van der Waals surface area contributed by atoms with E-state index in [1.54, 1.807) is 6.07 Å². The van der Waals surface area contributed by atoms with Crippen LogP contribution in [0.4, 0.5) is 0 Å². The van der Waals surface area contributed by atoms with Crippen molar-refractivity contribution in [2.45, 2.75) is 90.4 Å². The normalized spacial score (nSPS) is 13.1. The number of hydrogen-bond donors (Lipinski definition) is 1. The minimum absolute atomic E-state index is 0.155. The molecule has 0 saturated carbocycles. The Morgan fingerprint density at radius 3 is 1.96 bits per heavy atom. The quantitative estimate of drug-likeness (QED) is 0.119. The van der Waals surface area contributed by atoms with E-state index in [9.17, 15) is 5.11 Å². The molecule has 1 N–H and O–H groups in total. The maximum Gasteiger partial charge on any atom is 0.217 e. The van der Waals surface area contributed by atoms with Gasteiger partial charge in [-0.1, -0.05) is 139 Å². The van der Waals surface area contributed by atoms with Crippen LogP contribution in [0.1, 0.15) is 96.1 Å². The van der Waals surface area contributed by atoms with E-state index >= 15 is 0 Å². The summed E-state index contributed by atoms with van der Waals surface area (Å²) in [5.74, 6) is 1.16. The summed E-state index contributed by atoms with van der Waals surface area (Å²) in [6, 6.07) is 33.7. The van der Waals surface area contributed by atoms with E-state index in [0.29, 0.717) is 23.9 Å². The van der Waals surface area contributed by atoms with Crippen molar-refractivity contribution < 1.29 is 9.84 Å². The highest BCUT2D eigenvalue weighted by Crippen LogP contribution is 2.54. The van der Waals surface area contributed by atoms with Gasteiger partial charge in [0.25, 0.3) is 0 Å². The first-order valence-corrected chi connectivity index (χ1v) is 18.4. The minimum atomic E-state index is -0.199. The second kappa shape index (κ2) is 14.4. The highest BCUT2D eigenvalue weighted by Gasteiger charge is 2.37. The van der Waals surface area contributed by atoms with Crippen molar-refractivity contribution in [1.29, 1.82) is 0 Å². The van der Waals surface area contributed by atoms with E-state index in [0.717, 1.165) is 29.5 Å². The lowest BCUT2D eigenvalue weighted by atomic mass is 9.80. The molecule has 0 radical (unpaired) electrons. The number of nitrogens with zero attached hydrogens (tertiary/aromatic N) is 2. The molecule has 0 spiro atoms. The third kappa shape index (κ3) is 6.66. The van der Waals surface area contributed by atoms with Gasteiger partial charge in [-0.25, -0.2) is 4.98 Å². The molecule has 0 fully saturated rings. The fourth-order valence-corrected chi connectivity index (χ4v) is 7.67. The summed E-state index contributed by atoms with van der Waals surface area (Å²) in [5.41, 5.74) is 7.49. The van der Waals surface area contributed by atoms with Crippen LogP contribution in [0.3, 0.4) is 0 Å². The van der Waals surface area contributed by atoms with Crippen molar-refractivity contribution in [2.24, 2.45) is 0 Å². The van der Waals surface area contributed by atoms with Gasteiger partial charge >= 0.3 is 0 Å². The summed E-state index contributed by atoms with van der Waals surface area (Å²) >= 11 is 0. The molecular formula is C45H48N2O2. The van der Waals surface area contributed by atoms with Crippen molar-refractivity contribution in [3.8, 4) is 45.4 Å². The average molecular weight is 649 g/mol. The topological polar surface area (TPSA) is 55.2 Å². The van der Waals surface area contributed by atoms with E-state index in [1.165, 1.54) is 89.8 Å². The first-order chi connectivity index (χ1) is 24.0. The van der Waals surface area contributed by atoms with Gasteiger partial charge in [-0.05, 0) is 80.6 Å². The first-order valence-electron chi connectivity index (χ1n) is 18.4. The summed E-state index contributed by atoms with van der Waals surface area (Å²) in [6.45, 7) is 7.54. The zero-order chi connectivity index (χ0) is 33.8. The monoisotopic (exact) mass is 648 g/mol. The number of ether oxygens (including phenoxy) is 1. The standard InChI is InChI=1S/C45H48N2O2/c1-4-5-6-7-8-9-10-11-12-19-26-49-42-30-40(46-44(47-42)35-24-17-18-25-41(35)48)36-29-39-43(34-23-16-15-22-33(34)36)37-27-31-20-13-14-21-32(31)28-38(37)45(39,2)3/h13-18,20-25,27-30,48H,4-12,19,26H2,1-3H3. The van der Waals surface area contributed by atoms with Gasteiger partial charge in [-0.15, -0.1) is 0 Å². The number of hydrogen-bond acceptors (Lipinski definition) is 4. The molecule has 0 unspecified atom stereocenters. The number of rotatable bonds is 14.